The molecule has 1 N–H and O–H groups in total. The number of aromatic carboxylic acids is 1. The van der Waals surface area contributed by atoms with Crippen LogP contribution in [0.1, 0.15) is 16.1 Å². The normalized spacial score (nSPS) is 10.3. The van der Waals surface area contributed by atoms with Gasteiger partial charge < -0.3 is 14.4 Å². The Kier molecular flexibility index (Phi) is 3.32. The molecule has 1 heterocycles. The molecule has 2 rings (SSSR count). The van der Waals surface area contributed by atoms with Crippen LogP contribution in [0, 0.1) is 5.82 Å². The molecule has 1 aromatic carbocycles. The third-order valence-corrected chi connectivity index (χ3v) is 2.51. The molecule has 0 amide bonds. The monoisotopic (exact) mass is 249 g/mol. The van der Waals surface area contributed by atoms with E-state index in [0.717, 1.165) is 5.56 Å². The zero-order valence-electron chi connectivity index (χ0n) is 9.76. The highest BCUT2D eigenvalue weighted by Crippen LogP contribution is 2.19. The summed E-state index contributed by atoms with van der Waals surface area (Å²) in [6.07, 6.45) is 0. The Morgan fingerprint density at radius 2 is 1.94 bits per heavy atom. The fourth-order valence-corrected chi connectivity index (χ4v) is 1.59. The van der Waals surface area contributed by atoms with Crippen molar-refractivity contribution in [2.24, 2.45) is 0 Å². The van der Waals surface area contributed by atoms with Crippen molar-refractivity contribution in [1.82, 2.24) is 0 Å². The number of rotatable bonds is 4. The fraction of sp³-hybridized carbons (Fsp3) is 0.154. The van der Waals surface area contributed by atoms with E-state index in [9.17, 15) is 9.18 Å². The van der Waals surface area contributed by atoms with Crippen molar-refractivity contribution >= 4 is 11.9 Å². The Hall–Kier alpha value is -2.30. The van der Waals surface area contributed by atoms with Gasteiger partial charge in [0.25, 0.3) is 0 Å². The van der Waals surface area contributed by atoms with Crippen molar-refractivity contribution < 1.29 is 18.7 Å². The standard InChI is InChI=1S/C13H12FNO3/c1-15(8-9-2-4-10(14)5-3-9)12-7-6-11(18-12)13(16)17/h2-7H,8H2,1H3,(H,16,17). The number of nitrogens with zero attached hydrogens (tertiary/aromatic N) is 1. The Labute approximate surface area is 103 Å². The topological polar surface area (TPSA) is 53.7 Å². The van der Waals surface area contributed by atoms with Crippen LogP contribution in [0.25, 0.3) is 0 Å². The van der Waals surface area contributed by atoms with Gasteiger partial charge >= 0.3 is 5.97 Å². The van der Waals surface area contributed by atoms with Gasteiger partial charge in [0.05, 0.1) is 0 Å². The second-order valence-electron chi connectivity index (χ2n) is 3.93. The predicted octanol–water partition coefficient (Wildman–Crippen LogP) is 2.75. The number of carboxylic acid groups (broad SMARTS) is 1. The number of halogens is 1. The molecule has 0 aliphatic heterocycles. The molecule has 0 radical (unpaired) electrons. The van der Waals surface area contributed by atoms with Gasteiger partial charge in [-0.1, -0.05) is 12.1 Å². The highest BCUT2D eigenvalue weighted by molar-refractivity contribution is 5.84. The smallest absolute Gasteiger partial charge is 0.371 e. The van der Waals surface area contributed by atoms with Crippen LogP contribution in [0.5, 0.6) is 0 Å². The molecule has 18 heavy (non-hydrogen) atoms. The predicted molar refractivity (Wildman–Crippen MR) is 64.2 cm³/mol. The van der Waals surface area contributed by atoms with E-state index >= 15 is 0 Å². The molecule has 0 bridgehead atoms. The maximum atomic E-state index is 12.7. The lowest BCUT2D eigenvalue weighted by molar-refractivity contribution is 0.0663. The molecular weight excluding hydrogens is 237 g/mol. The van der Waals surface area contributed by atoms with E-state index < -0.39 is 5.97 Å². The van der Waals surface area contributed by atoms with Crippen molar-refractivity contribution in [1.29, 1.82) is 0 Å². The summed E-state index contributed by atoms with van der Waals surface area (Å²) in [6.45, 7) is 0.507. The van der Waals surface area contributed by atoms with E-state index in [1.807, 2.05) is 0 Å². The first-order valence-electron chi connectivity index (χ1n) is 5.35. The number of carbonyl (C=O) groups is 1. The summed E-state index contributed by atoms with van der Waals surface area (Å²) in [4.78, 5) is 12.4. The van der Waals surface area contributed by atoms with Gasteiger partial charge in [-0.25, -0.2) is 9.18 Å². The lowest BCUT2D eigenvalue weighted by Crippen LogP contribution is -2.15. The molecule has 0 saturated heterocycles. The molecule has 5 heteroatoms. The van der Waals surface area contributed by atoms with Crippen molar-refractivity contribution in [3.8, 4) is 0 Å². The first-order chi connectivity index (χ1) is 8.56. The highest BCUT2D eigenvalue weighted by Gasteiger charge is 2.12. The van der Waals surface area contributed by atoms with Crippen LogP contribution in [0.2, 0.25) is 0 Å². The fourth-order valence-electron chi connectivity index (χ4n) is 1.59. The van der Waals surface area contributed by atoms with E-state index in [2.05, 4.69) is 0 Å². The van der Waals surface area contributed by atoms with Gasteiger partial charge in [-0.15, -0.1) is 0 Å². The molecule has 0 saturated carbocycles. The van der Waals surface area contributed by atoms with Gasteiger partial charge in [-0.2, -0.15) is 0 Å². The number of furan rings is 1. The Morgan fingerprint density at radius 1 is 1.28 bits per heavy atom. The molecule has 0 aliphatic carbocycles. The summed E-state index contributed by atoms with van der Waals surface area (Å²) in [5.41, 5.74) is 0.909. The number of carboxylic acids is 1. The van der Waals surface area contributed by atoms with E-state index in [4.69, 9.17) is 9.52 Å². The lowest BCUT2D eigenvalue weighted by atomic mass is 10.2. The zero-order valence-corrected chi connectivity index (χ0v) is 9.76. The van der Waals surface area contributed by atoms with Gasteiger partial charge in [0, 0.05) is 19.7 Å². The molecule has 0 aliphatic rings. The highest BCUT2D eigenvalue weighted by atomic mass is 19.1. The van der Waals surface area contributed by atoms with Crippen LogP contribution in [-0.4, -0.2) is 18.1 Å². The van der Waals surface area contributed by atoms with Crippen LogP contribution in [0.4, 0.5) is 10.3 Å². The minimum Gasteiger partial charge on any atom is -0.475 e. The van der Waals surface area contributed by atoms with Crippen LogP contribution in [-0.2, 0) is 6.54 Å². The van der Waals surface area contributed by atoms with E-state index in [1.165, 1.54) is 18.2 Å². The summed E-state index contributed by atoms with van der Waals surface area (Å²) in [7, 11) is 1.77. The minimum absolute atomic E-state index is 0.101. The van der Waals surface area contributed by atoms with Gasteiger partial charge in [-0.05, 0) is 23.8 Å². The van der Waals surface area contributed by atoms with Crippen molar-refractivity contribution in [3.63, 3.8) is 0 Å². The summed E-state index contributed by atoms with van der Waals surface area (Å²) >= 11 is 0. The van der Waals surface area contributed by atoms with Crippen LogP contribution in [0.3, 0.4) is 0 Å². The van der Waals surface area contributed by atoms with E-state index in [0.29, 0.717) is 12.4 Å². The number of benzene rings is 1. The summed E-state index contributed by atoms with van der Waals surface area (Å²) in [5, 5.41) is 8.75. The van der Waals surface area contributed by atoms with Crippen LogP contribution < -0.4 is 4.90 Å². The second-order valence-corrected chi connectivity index (χ2v) is 3.93. The van der Waals surface area contributed by atoms with Gasteiger partial charge in [0.15, 0.2) is 5.88 Å². The lowest BCUT2D eigenvalue weighted by Gasteiger charge is -2.15. The average Bonchev–Trinajstić information content (AvgIpc) is 2.81. The molecule has 0 spiro atoms. The molecule has 4 nitrogen and oxygen atoms in total. The Morgan fingerprint density at radius 3 is 2.50 bits per heavy atom. The summed E-state index contributed by atoms with van der Waals surface area (Å²) < 4.78 is 17.9. The largest absolute Gasteiger partial charge is 0.475 e. The first-order valence-corrected chi connectivity index (χ1v) is 5.35. The molecule has 1 aromatic heterocycles. The third kappa shape index (κ3) is 2.68. The average molecular weight is 249 g/mol. The first kappa shape index (κ1) is 12.2. The van der Waals surface area contributed by atoms with Gasteiger partial charge in [0.1, 0.15) is 5.82 Å². The van der Waals surface area contributed by atoms with Crippen LogP contribution >= 0.6 is 0 Å². The van der Waals surface area contributed by atoms with Crippen LogP contribution in [0.15, 0.2) is 40.8 Å². The van der Waals surface area contributed by atoms with Gasteiger partial charge in [0.2, 0.25) is 5.76 Å². The maximum absolute atomic E-state index is 12.7. The Balaban J connectivity index is 2.09. The van der Waals surface area contributed by atoms with Gasteiger partial charge in [-0.3, -0.25) is 0 Å². The second kappa shape index (κ2) is 4.91. The number of anilines is 1. The van der Waals surface area contributed by atoms with Crippen molar-refractivity contribution in [2.75, 3.05) is 11.9 Å². The molecule has 2 aromatic rings. The quantitative estimate of drug-likeness (QED) is 0.905. The number of hydrogen-bond acceptors (Lipinski definition) is 3. The van der Waals surface area contributed by atoms with Crippen molar-refractivity contribution in [3.05, 3.63) is 53.5 Å². The molecule has 0 fully saturated rings. The zero-order chi connectivity index (χ0) is 13.1. The third-order valence-electron chi connectivity index (χ3n) is 2.51. The van der Waals surface area contributed by atoms with Crippen molar-refractivity contribution in [2.45, 2.75) is 6.54 Å². The van der Waals surface area contributed by atoms with E-state index in [-0.39, 0.29) is 11.6 Å². The Bertz CT molecular complexity index is 548. The number of hydrogen-bond donors (Lipinski definition) is 1. The minimum atomic E-state index is -1.10. The summed E-state index contributed by atoms with van der Waals surface area (Å²) in [6, 6.07) is 9.10. The summed E-state index contributed by atoms with van der Waals surface area (Å²) in [5.74, 6) is -1.03. The molecular formula is C13H12FNO3. The SMILES string of the molecule is CN(Cc1ccc(F)cc1)c1ccc(C(=O)O)o1. The molecule has 94 valence electrons. The molecule has 0 unspecified atom stereocenters. The maximum Gasteiger partial charge on any atom is 0.371 e. The molecule has 0 atom stereocenters. The van der Waals surface area contributed by atoms with E-state index in [1.54, 1.807) is 30.1 Å².